The largest absolute Gasteiger partial charge is 0.295 e. The van der Waals surface area contributed by atoms with Crippen molar-refractivity contribution in [1.29, 1.82) is 0 Å². The van der Waals surface area contributed by atoms with Gasteiger partial charge in [-0.1, -0.05) is 32.8 Å². The maximum absolute atomic E-state index is 11.6. The van der Waals surface area contributed by atoms with E-state index in [1.54, 1.807) is 6.08 Å². The van der Waals surface area contributed by atoms with Crippen LogP contribution in [0.3, 0.4) is 0 Å². The highest BCUT2D eigenvalue weighted by Gasteiger charge is 2.22. The van der Waals surface area contributed by atoms with E-state index in [1.807, 2.05) is 6.08 Å². The maximum Gasteiger partial charge on any atom is 0.158 e. The lowest BCUT2D eigenvalue weighted by molar-refractivity contribution is -0.119. The number of carbonyl (C=O) groups excluding carboxylic acids is 1. The van der Waals surface area contributed by atoms with Gasteiger partial charge in [-0.05, 0) is 31.3 Å². The van der Waals surface area contributed by atoms with Gasteiger partial charge in [0, 0.05) is 5.92 Å². The lowest BCUT2D eigenvalue weighted by Gasteiger charge is -2.23. The summed E-state index contributed by atoms with van der Waals surface area (Å²) in [5, 5.41) is 0. The van der Waals surface area contributed by atoms with Crippen LogP contribution >= 0.6 is 0 Å². The van der Waals surface area contributed by atoms with Gasteiger partial charge in [0.15, 0.2) is 5.78 Å². The molecule has 0 aliphatic heterocycles. The number of hydrogen-bond donors (Lipinski definition) is 0. The zero-order valence-corrected chi connectivity index (χ0v) is 8.75. The fourth-order valence-electron chi connectivity index (χ4n) is 1.91. The molecular formula is C12H20O. The summed E-state index contributed by atoms with van der Waals surface area (Å²) in [4.78, 5) is 11.6. The molecular weight excluding hydrogens is 160 g/mol. The van der Waals surface area contributed by atoms with Gasteiger partial charge in [0.05, 0.1) is 0 Å². The molecule has 1 heteroatoms. The zero-order valence-electron chi connectivity index (χ0n) is 8.75. The Kier molecular flexibility index (Phi) is 4.20. The minimum atomic E-state index is 0.332. The van der Waals surface area contributed by atoms with Crippen molar-refractivity contribution >= 4 is 5.78 Å². The summed E-state index contributed by atoms with van der Waals surface area (Å²) in [7, 11) is 0. The van der Waals surface area contributed by atoms with Crippen LogP contribution in [0, 0.1) is 11.8 Å². The van der Waals surface area contributed by atoms with Crippen molar-refractivity contribution in [2.24, 2.45) is 11.8 Å². The van der Waals surface area contributed by atoms with Crippen LogP contribution in [0.15, 0.2) is 12.2 Å². The number of ketones is 1. The van der Waals surface area contributed by atoms with Crippen LogP contribution < -0.4 is 0 Å². The van der Waals surface area contributed by atoms with E-state index in [-0.39, 0.29) is 0 Å². The van der Waals surface area contributed by atoms with Crippen LogP contribution in [0.5, 0.6) is 0 Å². The van der Waals surface area contributed by atoms with Gasteiger partial charge in [-0.2, -0.15) is 0 Å². The van der Waals surface area contributed by atoms with Crippen LogP contribution in [0.25, 0.3) is 0 Å². The second-order valence-electron chi connectivity index (χ2n) is 4.17. The highest BCUT2D eigenvalue weighted by atomic mass is 16.1. The van der Waals surface area contributed by atoms with Crippen LogP contribution in [0.2, 0.25) is 0 Å². The summed E-state index contributed by atoms with van der Waals surface area (Å²) in [5.74, 6) is 1.52. The Morgan fingerprint density at radius 1 is 1.31 bits per heavy atom. The molecule has 0 aromatic heterocycles. The van der Waals surface area contributed by atoms with Gasteiger partial charge >= 0.3 is 0 Å². The van der Waals surface area contributed by atoms with Crippen molar-refractivity contribution in [3.63, 3.8) is 0 Å². The average Bonchev–Trinajstić information content (AvgIpc) is 2.15. The van der Waals surface area contributed by atoms with Crippen LogP contribution in [-0.4, -0.2) is 5.78 Å². The predicted molar refractivity (Wildman–Crippen MR) is 55.6 cm³/mol. The monoisotopic (exact) mass is 180 g/mol. The lowest BCUT2D eigenvalue weighted by atomic mass is 9.81. The predicted octanol–water partition coefficient (Wildman–Crippen LogP) is 3.35. The first kappa shape index (κ1) is 10.5. The smallest absolute Gasteiger partial charge is 0.158 e. The van der Waals surface area contributed by atoms with E-state index in [0.29, 0.717) is 11.7 Å². The Morgan fingerprint density at radius 2 is 1.92 bits per heavy atom. The van der Waals surface area contributed by atoms with Crippen molar-refractivity contribution < 1.29 is 4.79 Å². The van der Waals surface area contributed by atoms with Crippen molar-refractivity contribution in [1.82, 2.24) is 0 Å². The van der Waals surface area contributed by atoms with Crippen molar-refractivity contribution in [3.05, 3.63) is 12.2 Å². The van der Waals surface area contributed by atoms with E-state index in [4.69, 9.17) is 0 Å². The van der Waals surface area contributed by atoms with Gasteiger partial charge in [-0.3, -0.25) is 4.79 Å². The van der Waals surface area contributed by atoms with Gasteiger partial charge in [-0.15, -0.1) is 0 Å². The Labute approximate surface area is 81.2 Å². The van der Waals surface area contributed by atoms with Crippen LogP contribution in [0.1, 0.15) is 46.0 Å². The minimum Gasteiger partial charge on any atom is -0.295 e. The summed E-state index contributed by atoms with van der Waals surface area (Å²) in [6.45, 7) is 4.34. The molecule has 0 bridgehead atoms. The molecule has 0 unspecified atom stereocenters. The lowest BCUT2D eigenvalue weighted by Crippen LogP contribution is -2.19. The molecule has 0 amide bonds. The van der Waals surface area contributed by atoms with Gasteiger partial charge < -0.3 is 0 Å². The highest BCUT2D eigenvalue weighted by Crippen LogP contribution is 2.28. The second kappa shape index (κ2) is 5.21. The first-order valence-electron chi connectivity index (χ1n) is 5.44. The molecule has 0 aromatic rings. The van der Waals surface area contributed by atoms with E-state index in [0.717, 1.165) is 25.2 Å². The Hall–Kier alpha value is -0.590. The third-order valence-electron chi connectivity index (χ3n) is 2.94. The number of rotatable bonds is 3. The van der Waals surface area contributed by atoms with E-state index in [1.165, 1.54) is 12.8 Å². The summed E-state index contributed by atoms with van der Waals surface area (Å²) < 4.78 is 0. The fourth-order valence-corrected chi connectivity index (χ4v) is 1.91. The number of allylic oxidation sites excluding steroid dienone is 2. The van der Waals surface area contributed by atoms with E-state index < -0.39 is 0 Å². The molecule has 0 spiro atoms. The van der Waals surface area contributed by atoms with Gasteiger partial charge in [0.25, 0.3) is 0 Å². The quantitative estimate of drug-likeness (QED) is 0.609. The van der Waals surface area contributed by atoms with Crippen LogP contribution in [0.4, 0.5) is 0 Å². The molecule has 0 radical (unpaired) electrons. The molecule has 13 heavy (non-hydrogen) atoms. The summed E-state index contributed by atoms with van der Waals surface area (Å²) >= 11 is 0. The van der Waals surface area contributed by atoms with Crippen molar-refractivity contribution in [2.75, 3.05) is 0 Å². The molecule has 0 atom stereocenters. The topological polar surface area (TPSA) is 17.1 Å². The van der Waals surface area contributed by atoms with Crippen molar-refractivity contribution in [3.8, 4) is 0 Å². The molecule has 1 aliphatic carbocycles. The molecule has 74 valence electrons. The molecule has 1 aliphatic rings. The maximum atomic E-state index is 11.6. The summed E-state index contributed by atoms with van der Waals surface area (Å²) in [6, 6.07) is 0. The molecule has 0 saturated heterocycles. The zero-order chi connectivity index (χ0) is 9.68. The highest BCUT2D eigenvalue weighted by molar-refractivity contribution is 5.91. The Balaban J connectivity index is 2.36. The molecule has 0 aromatic carbocycles. The van der Waals surface area contributed by atoms with Crippen LogP contribution in [-0.2, 0) is 4.79 Å². The third kappa shape index (κ3) is 3.33. The van der Waals surface area contributed by atoms with Gasteiger partial charge in [-0.25, -0.2) is 0 Å². The Morgan fingerprint density at radius 3 is 2.46 bits per heavy atom. The SMILES string of the molecule is CCC=CC(=O)C1CCC(C)CC1. The summed E-state index contributed by atoms with van der Waals surface area (Å²) in [6.07, 6.45) is 9.39. The summed E-state index contributed by atoms with van der Waals surface area (Å²) in [5.41, 5.74) is 0. The van der Waals surface area contributed by atoms with E-state index >= 15 is 0 Å². The number of hydrogen-bond acceptors (Lipinski definition) is 1. The number of carbonyl (C=O) groups is 1. The molecule has 1 rings (SSSR count). The molecule has 1 nitrogen and oxygen atoms in total. The normalized spacial score (nSPS) is 29.4. The first-order chi connectivity index (χ1) is 6.24. The third-order valence-corrected chi connectivity index (χ3v) is 2.94. The molecule has 1 saturated carbocycles. The Bertz CT molecular complexity index is 185. The standard InChI is InChI=1S/C12H20O/c1-3-4-5-12(13)11-8-6-10(2)7-9-11/h4-5,10-11H,3,6-9H2,1-2H3. The molecule has 1 fully saturated rings. The average molecular weight is 180 g/mol. The van der Waals surface area contributed by atoms with Crippen molar-refractivity contribution in [2.45, 2.75) is 46.0 Å². The van der Waals surface area contributed by atoms with Gasteiger partial charge in [0.2, 0.25) is 0 Å². The molecule has 0 N–H and O–H groups in total. The second-order valence-corrected chi connectivity index (χ2v) is 4.17. The molecule has 0 heterocycles. The minimum absolute atomic E-state index is 0.332. The van der Waals surface area contributed by atoms with Gasteiger partial charge in [0.1, 0.15) is 0 Å². The fraction of sp³-hybridized carbons (Fsp3) is 0.750. The van der Waals surface area contributed by atoms with E-state index in [2.05, 4.69) is 13.8 Å². The van der Waals surface area contributed by atoms with E-state index in [9.17, 15) is 4.79 Å². The first-order valence-corrected chi connectivity index (χ1v) is 5.44.